The molecule has 4 heterocycles. The molecule has 176 valence electrons. The van der Waals surface area contributed by atoms with E-state index in [0.717, 1.165) is 86.6 Å². The standard InChI is InChI=1S/C25H29N7O2/c1-17-12-20(32-16-28-30-25(32)29-17)13-18-2-4-21(5-3-18)34-23-15-19(31-8-10-33-11-9-31)14-22-24(23)27-7-6-26-22/h6-7,12,14-16,18,21H,2-5,8-11,13H2,1H3. The molecule has 9 heteroatoms. The van der Waals surface area contributed by atoms with Crippen LogP contribution < -0.4 is 9.64 Å². The minimum atomic E-state index is 0.190. The lowest BCUT2D eigenvalue weighted by Gasteiger charge is -2.31. The Morgan fingerprint density at radius 3 is 2.71 bits per heavy atom. The van der Waals surface area contributed by atoms with Crippen LogP contribution in [0.4, 0.5) is 5.69 Å². The summed E-state index contributed by atoms with van der Waals surface area (Å²) in [5.74, 6) is 2.13. The molecule has 0 unspecified atom stereocenters. The van der Waals surface area contributed by atoms with E-state index in [2.05, 4.69) is 48.2 Å². The summed E-state index contributed by atoms with van der Waals surface area (Å²) >= 11 is 0. The van der Waals surface area contributed by atoms with Crippen LogP contribution >= 0.6 is 0 Å². The molecular weight excluding hydrogens is 430 g/mol. The van der Waals surface area contributed by atoms with Crippen molar-refractivity contribution in [3.63, 3.8) is 0 Å². The number of aryl methyl sites for hydroxylation is 1. The highest BCUT2D eigenvalue weighted by Gasteiger charge is 2.25. The molecular formula is C25H29N7O2. The number of fused-ring (bicyclic) bond motifs is 2. The highest BCUT2D eigenvalue weighted by atomic mass is 16.5. The van der Waals surface area contributed by atoms with Crippen molar-refractivity contribution in [1.82, 2.24) is 29.5 Å². The molecule has 1 aliphatic carbocycles. The van der Waals surface area contributed by atoms with Crippen molar-refractivity contribution in [2.75, 3.05) is 31.2 Å². The minimum Gasteiger partial charge on any atom is -0.488 e. The fraction of sp³-hybridized carbons (Fsp3) is 0.480. The molecule has 2 fully saturated rings. The number of benzene rings is 1. The summed E-state index contributed by atoms with van der Waals surface area (Å²) in [5.41, 5.74) is 5.06. The summed E-state index contributed by atoms with van der Waals surface area (Å²) in [5, 5.41) is 8.15. The van der Waals surface area contributed by atoms with Gasteiger partial charge in [0, 0.05) is 48.6 Å². The first-order valence-corrected chi connectivity index (χ1v) is 12.1. The normalized spacial score (nSPS) is 21.3. The second-order valence-corrected chi connectivity index (χ2v) is 9.32. The van der Waals surface area contributed by atoms with Crippen LogP contribution in [0, 0.1) is 12.8 Å². The van der Waals surface area contributed by atoms with Gasteiger partial charge in [0.25, 0.3) is 5.78 Å². The summed E-state index contributed by atoms with van der Waals surface area (Å²) in [7, 11) is 0. The second-order valence-electron chi connectivity index (χ2n) is 9.32. The summed E-state index contributed by atoms with van der Waals surface area (Å²) in [6.07, 6.45) is 10.8. The van der Waals surface area contributed by atoms with E-state index in [1.165, 1.54) is 5.69 Å². The van der Waals surface area contributed by atoms with Gasteiger partial charge in [0.2, 0.25) is 0 Å². The van der Waals surface area contributed by atoms with E-state index in [-0.39, 0.29) is 6.10 Å². The third kappa shape index (κ3) is 4.27. The number of hydrogen-bond acceptors (Lipinski definition) is 8. The van der Waals surface area contributed by atoms with Crippen LogP contribution in [0.15, 0.2) is 36.9 Å². The Balaban J connectivity index is 1.16. The molecule has 1 saturated carbocycles. The van der Waals surface area contributed by atoms with Crippen molar-refractivity contribution in [3.8, 4) is 5.75 Å². The van der Waals surface area contributed by atoms with E-state index in [9.17, 15) is 0 Å². The summed E-state index contributed by atoms with van der Waals surface area (Å²) in [6.45, 7) is 5.27. The van der Waals surface area contributed by atoms with Crippen molar-refractivity contribution in [3.05, 3.63) is 48.3 Å². The lowest BCUT2D eigenvalue weighted by Crippen LogP contribution is -2.36. The average molecular weight is 460 g/mol. The van der Waals surface area contributed by atoms with Gasteiger partial charge in [0.1, 0.15) is 17.6 Å². The third-order valence-electron chi connectivity index (χ3n) is 6.98. The molecule has 0 atom stereocenters. The predicted octanol–water partition coefficient (Wildman–Crippen LogP) is 3.39. The number of morpholine rings is 1. The molecule has 2 aliphatic rings. The molecule has 0 bridgehead atoms. The van der Waals surface area contributed by atoms with Crippen LogP contribution in [0.5, 0.6) is 5.75 Å². The smallest absolute Gasteiger partial charge is 0.255 e. The number of anilines is 1. The van der Waals surface area contributed by atoms with Gasteiger partial charge in [-0.05, 0) is 57.1 Å². The van der Waals surface area contributed by atoms with Crippen LogP contribution in [0.1, 0.15) is 37.1 Å². The summed E-state index contributed by atoms with van der Waals surface area (Å²) < 4.78 is 14.1. The zero-order chi connectivity index (χ0) is 22.9. The molecule has 34 heavy (non-hydrogen) atoms. The van der Waals surface area contributed by atoms with Crippen molar-refractivity contribution in [1.29, 1.82) is 0 Å². The van der Waals surface area contributed by atoms with Gasteiger partial charge in [-0.1, -0.05) is 0 Å². The maximum atomic E-state index is 6.58. The highest BCUT2D eigenvalue weighted by Crippen LogP contribution is 2.34. The number of ether oxygens (including phenoxy) is 2. The molecule has 0 amide bonds. The van der Waals surface area contributed by atoms with Crippen molar-refractivity contribution in [2.45, 2.75) is 45.1 Å². The van der Waals surface area contributed by atoms with Gasteiger partial charge in [0.05, 0.1) is 24.8 Å². The Kier molecular flexibility index (Phi) is 5.70. The maximum Gasteiger partial charge on any atom is 0.255 e. The minimum absolute atomic E-state index is 0.190. The Morgan fingerprint density at radius 1 is 1.03 bits per heavy atom. The molecule has 6 rings (SSSR count). The number of rotatable bonds is 5. The van der Waals surface area contributed by atoms with Gasteiger partial charge in [-0.25, -0.2) is 9.97 Å². The molecule has 0 radical (unpaired) electrons. The molecule has 3 aromatic heterocycles. The van der Waals surface area contributed by atoms with E-state index in [4.69, 9.17) is 9.47 Å². The Labute approximate surface area is 198 Å². The summed E-state index contributed by atoms with van der Waals surface area (Å²) in [6, 6.07) is 6.40. The Morgan fingerprint density at radius 2 is 1.85 bits per heavy atom. The molecule has 9 nitrogen and oxygen atoms in total. The fourth-order valence-corrected chi connectivity index (χ4v) is 5.22. The first-order chi connectivity index (χ1) is 16.7. The average Bonchev–Trinajstić information content (AvgIpc) is 3.34. The molecule has 0 spiro atoms. The highest BCUT2D eigenvalue weighted by molar-refractivity contribution is 5.85. The number of aromatic nitrogens is 6. The van der Waals surface area contributed by atoms with Gasteiger partial charge in [-0.15, -0.1) is 10.2 Å². The lowest BCUT2D eigenvalue weighted by atomic mass is 9.84. The monoisotopic (exact) mass is 459 g/mol. The molecule has 4 aromatic rings. The van der Waals surface area contributed by atoms with E-state index in [0.29, 0.717) is 11.7 Å². The topological polar surface area (TPSA) is 90.6 Å². The van der Waals surface area contributed by atoms with Gasteiger partial charge in [-0.3, -0.25) is 9.38 Å². The number of hydrogen-bond donors (Lipinski definition) is 0. The first kappa shape index (κ1) is 21.2. The van der Waals surface area contributed by atoms with E-state index in [1.54, 1.807) is 18.7 Å². The Bertz CT molecular complexity index is 1290. The maximum absolute atomic E-state index is 6.58. The number of nitrogens with zero attached hydrogens (tertiary/aromatic N) is 7. The van der Waals surface area contributed by atoms with Gasteiger partial charge >= 0.3 is 0 Å². The second kappa shape index (κ2) is 9.13. The molecule has 1 aromatic carbocycles. The van der Waals surface area contributed by atoms with Crippen LogP contribution in [0.25, 0.3) is 16.8 Å². The zero-order valence-corrected chi connectivity index (χ0v) is 19.4. The van der Waals surface area contributed by atoms with E-state index < -0.39 is 0 Å². The van der Waals surface area contributed by atoms with Crippen molar-refractivity contribution in [2.24, 2.45) is 5.92 Å². The van der Waals surface area contributed by atoms with Crippen LogP contribution in [0.2, 0.25) is 0 Å². The molecule has 0 N–H and O–H groups in total. The quantitative estimate of drug-likeness (QED) is 0.449. The fourth-order valence-electron chi connectivity index (χ4n) is 5.22. The van der Waals surface area contributed by atoms with Crippen LogP contribution in [-0.4, -0.2) is 62.0 Å². The lowest BCUT2D eigenvalue weighted by molar-refractivity contribution is 0.122. The van der Waals surface area contributed by atoms with Gasteiger partial charge in [0.15, 0.2) is 0 Å². The third-order valence-corrected chi connectivity index (χ3v) is 6.98. The van der Waals surface area contributed by atoms with Crippen molar-refractivity contribution < 1.29 is 9.47 Å². The summed E-state index contributed by atoms with van der Waals surface area (Å²) in [4.78, 5) is 15.9. The van der Waals surface area contributed by atoms with Gasteiger partial charge in [-0.2, -0.15) is 0 Å². The molecule has 1 saturated heterocycles. The van der Waals surface area contributed by atoms with Crippen molar-refractivity contribution >= 4 is 22.5 Å². The van der Waals surface area contributed by atoms with Crippen LogP contribution in [-0.2, 0) is 11.2 Å². The Hall–Kier alpha value is -3.33. The predicted molar refractivity (Wildman–Crippen MR) is 128 cm³/mol. The SMILES string of the molecule is Cc1cc(CC2CCC(Oc3cc(N4CCOCC4)cc4nccnc34)CC2)n2cnnc2n1. The largest absolute Gasteiger partial charge is 0.488 e. The zero-order valence-electron chi connectivity index (χ0n) is 19.4. The van der Waals surface area contributed by atoms with Crippen LogP contribution in [0.3, 0.4) is 0 Å². The molecule has 1 aliphatic heterocycles. The van der Waals surface area contributed by atoms with E-state index >= 15 is 0 Å². The first-order valence-electron chi connectivity index (χ1n) is 12.1. The van der Waals surface area contributed by atoms with Gasteiger partial charge < -0.3 is 14.4 Å². The van der Waals surface area contributed by atoms with E-state index in [1.807, 2.05) is 11.3 Å².